The summed E-state index contributed by atoms with van der Waals surface area (Å²) in [6.07, 6.45) is 1.82. The maximum Gasteiger partial charge on any atom is 0.161 e. The van der Waals surface area contributed by atoms with Crippen molar-refractivity contribution in [3.8, 4) is 11.3 Å². The van der Waals surface area contributed by atoms with E-state index < -0.39 is 0 Å². The Morgan fingerprint density at radius 1 is 1.00 bits per heavy atom. The third-order valence-corrected chi connectivity index (χ3v) is 3.03. The lowest BCUT2D eigenvalue weighted by Gasteiger charge is -2.04. The van der Waals surface area contributed by atoms with E-state index in [-0.39, 0.29) is 0 Å². The van der Waals surface area contributed by atoms with E-state index in [9.17, 15) is 0 Å². The predicted octanol–water partition coefficient (Wildman–Crippen LogP) is 2.65. The Hall–Kier alpha value is -2.23. The van der Waals surface area contributed by atoms with E-state index in [1.165, 1.54) is 5.56 Å². The maximum atomic E-state index is 4.55. The third-order valence-electron chi connectivity index (χ3n) is 3.03. The van der Waals surface area contributed by atoms with E-state index in [1.807, 2.05) is 20.2 Å². The average molecular weight is 238 g/mol. The van der Waals surface area contributed by atoms with Crippen LogP contribution < -0.4 is 0 Å². The summed E-state index contributed by atoms with van der Waals surface area (Å²) in [5.74, 6) is 0.765. The zero-order valence-corrected chi connectivity index (χ0v) is 10.7. The van der Waals surface area contributed by atoms with E-state index in [0.717, 1.165) is 28.1 Å². The van der Waals surface area contributed by atoms with E-state index >= 15 is 0 Å². The molecule has 1 aromatic carbocycles. The fourth-order valence-electron chi connectivity index (χ4n) is 2.06. The number of hydrogen-bond donors (Lipinski definition) is 0. The van der Waals surface area contributed by atoms with Crippen LogP contribution in [-0.2, 0) is 7.05 Å². The van der Waals surface area contributed by atoms with Gasteiger partial charge >= 0.3 is 0 Å². The molecule has 0 aliphatic rings. The summed E-state index contributed by atoms with van der Waals surface area (Å²) in [6, 6.07) is 8.36. The second-order valence-corrected chi connectivity index (χ2v) is 4.49. The normalized spacial score (nSPS) is 11.1. The summed E-state index contributed by atoms with van der Waals surface area (Å²) in [4.78, 5) is 8.98. The smallest absolute Gasteiger partial charge is 0.161 e. The van der Waals surface area contributed by atoms with Crippen LogP contribution in [0.2, 0.25) is 0 Å². The van der Waals surface area contributed by atoms with Gasteiger partial charge in [0.15, 0.2) is 5.65 Å². The molecule has 0 aliphatic heterocycles. The van der Waals surface area contributed by atoms with Gasteiger partial charge in [-0.25, -0.2) is 9.97 Å². The molecule has 0 radical (unpaired) electrons. The molecule has 4 heteroatoms. The summed E-state index contributed by atoms with van der Waals surface area (Å²) in [5.41, 5.74) is 4.17. The van der Waals surface area contributed by atoms with Gasteiger partial charge in [-0.05, 0) is 13.8 Å². The van der Waals surface area contributed by atoms with Gasteiger partial charge in [0.1, 0.15) is 5.82 Å². The largest absolute Gasteiger partial charge is 0.250 e. The van der Waals surface area contributed by atoms with Gasteiger partial charge in [0.25, 0.3) is 0 Å². The molecule has 18 heavy (non-hydrogen) atoms. The molecule has 0 bridgehead atoms. The Morgan fingerprint density at radius 2 is 1.72 bits per heavy atom. The number of rotatable bonds is 1. The van der Waals surface area contributed by atoms with Crippen LogP contribution in [0.25, 0.3) is 22.3 Å². The summed E-state index contributed by atoms with van der Waals surface area (Å²) >= 11 is 0. The van der Waals surface area contributed by atoms with Crippen LogP contribution >= 0.6 is 0 Å². The second-order valence-electron chi connectivity index (χ2n) is 4.49. The van der Waals surface area contributed by atoms with Crippen LogP contribution in [0.1, 0.15) is 11.4 Å². The molecule has 0 saturated carbocycles. The molecule has 0 aliphatic carbocycles. The first-order valence-corrected chi connectivity index (χ1v) is 5.88. The first-order chi connectivity index (χ1) is 8.65. The molecule has 90 valence electrons. The van der Waals surface area contributed by atoms with Crippen molar-refractivity contribution in [1.29, 1.82) is 0 Å². The van der Waals surface area contributed by atoms with Crippen molar-refractivity contribution in [2.75, 3.05) is 0 Å². The van der Waals surface area contributed by atoms with E-state index in [4.69, 9.17) is 0 Å². The quantitative estimate of drug-likeness (QED) is 0.654. The molecule has 0 amide bonds. The standard InChI is InChI=1S/C14H14N4/c1-9-4-6-11(7-5-9)13-12-8-15-18(3)14(12)17-10(2)16-13/h4-8H,1-3H3. The van der Waals surface area contributed by atoms with Crippen LogP contribution in [0.15, 0.2) is 30.5 Å². The number of aromatic nitrogens is 4. The lowest BCUT2D eigenvalue weighted by atomic mass is 10.1. The van der Waals surface area contributed by atoms with E-state index in [1.54, 1.807) is 4.68 Å². The summed E-state index contributed by atoms with van der Waals surface area (Å²) in [5, 5.41) is 5.25. The summed E-state index contributed by atoms with van der Waals surface area (Å²) < 4.78 is 1.78. The van der Waals surface area contributed by atoms with Crippen molar-refractivity contribution >= 4 is 11.0 Å². The molecule has 2 aromatic heterocycles. The molecule has 0 saturated heterocycles. The molecule has 3 rings (SSSR count). The summed E-state index contributed by atoms with van der Waals surface area (Å²) in [6.45, 7) is 3.98. The van der Waals surface area contributed by atoms with Crippen molar-refractivity contribution in [2.45, 2.75) is 13.8 Å². The lowest BCUT2D eigenvalue weighted by molar-refractivity contribution is 0.783. The van der Waals surface area contributed by atoms with Gasteiger partial charge in [-0.2, -0.15) is 5.10 Å². The molecule has 4 nitrogen and oxygen atoms in total. The predicted molar refractivity (Wildman–Crippen MR) is 71.2 cm³/mol. The van der Waals surface area contributed by atoms with Crippen molar-refractivity contribution in [2.24, 2.45) is 7.05 Å². The number of hydrogen-bond acceptors (Lipinski definition) is 3. The van der Waals surface area contributed by atoms with Crippen molar-refractivity contribution in [1.82, 2.24) is 19.7 Å². The monoisotopic (exact) mass is 238 g/mol. The van der Waals surface area contributed by atoms with Gasteiger partial charge < -0.3 is 0 Å². The highest BCUT2D eigenvalue weighted by Gasteiger charge is 2.11. The molecule has 2 heterocycles. The molecule has 0 spiro atoms. The highest BCUT2D eigenvalue weighted by atomic mass is 15.3. The van der Waals surface area contributed by atoms with Gasteiger partial charge in [0.05, 0.1) is 17.3 Å². The van der Waals surface area contributed by atoms with Gasteiger partial charge in [-0.15, -0.1) is 0 Å². The Morgan fingerprint density at radius 3 is 2.44 bits per heavy atom. The van der Waals surface area contributed by atoms with Crippen LogP contribution in [0.4, 0.5) is 0 Å². The van der Waals surface area contributed by atoms with Crippen LogP contribution in [0, 0.1) is 13.8 Å². The lowest BCUT2D eigenvalue weighted by Crippen LogP contribution is -1.97. The Bertz CT molecular complexity index is 710. The molecular weight excluding hydrogens is 224 g/mol. The molecule has 0 atom stereocenters. The minimum absolute atomic E-state index is 0.765. The van der Waals surface area contributed by atoms with Crippen molar-refractivity contribution in [3.63, 3.8) is 0 Å². The average Bonchev–Trinajstić information content (AvgIpc) is 2.71. The fraction of sp³-hybridized carbons (Fsp3) is 0.214. The number of benzene rings is 1. The van der Waals surface area contributed by atoms with Crippen LogP contribution in [0.3, 0.4) is 0 Å². The summed E-state index contributed by atoms with van der Waals surface area (Å²) in [7, 11) is 1.90. The third kappa shape index (κ3) is 1.66. The minimum atomic E-state index is 0.765. The molecule has 0 unspecified atom stereocenters. The Balaban J connectivity index is 2.31. The number of fused-ring (bicyclic) bond motifs is 1. The van der Waals surface area contributed by atoms with Gasteiger partial charge in [0.2, 0.25) is 0 Å². The number of aryl methyl sites for hydroxylation is 3. The zero-order chi connectivity index (χ0) is 12.7. The van der Waals surface area contributed by atoms with E-state index in [0.29, 0.717) is 0 Å². The van der Waals surface area contributed by atoms with Crippen molar-refractivity contribution < 1.29 is 0 Å². The van der Waals surface area contributed by atoms with Gasteiger partial charge in [-0.3, -0.25) is 4.68 Å². The molecule has 3 aromatic rings. The minimum Gasteiger partial charge on any atom is -0.250 e. The fourth-order valence-corrected chi connectivity index (χ4v) is 2.06. The van der Waals surface area contributed by atoms with Crippen LogP contribution in [-0.4, -0.2) is 19.7 Å². The molecular formula is C14H14N4. The van der Waals surface area contributed by atoms with Gasteiger partial charge in [0, 0.05) is 12.6 Å². The first kappa shape index (κ1) is 10.9. The zero-order valence-electron chi connectivity index (χ0n) is 10.7. The maximum absolute atomic E-state index is 4.55. The topological polar surface area (TPSA) is 43.6 Å². The number of nitrogens with zero attached hydrogens (tertiary/aromatic N) is 4. The van der Waals surface area contributed by atoms with Gasteiger partial charge in [-0.1, -0.05) is 29.8 Å². The Labute approximate surface area is 105 Å². The highest BCUT2D eigenvalue weighted by molar-refractivity contribution is 5.90. The SMILES string of the molecule is Cc1ccc(-c2nc(C)nc3c2cnn3C)cc1. The van der Waals surface area contributed by atoms with Crippen LogP contribution in [0.5, 0.6) is 0 Å². The van der Waals surface area contributed by atoms with E-state index in [2.05, 4.69) is 46.3 Å². The highest BCUT2D eigenvalue weighted by Crippen LogP contribution is 2.25. The van der Waals surface area contributed by atoms with Crippen molar-refractivity contribution in [3.05, 3.63) is 41.9 Å². The second kappa shape index (κ2) is 3.91. The Kier molecular flexibility index (Phi) is 2.37. The first-order valence-electron chi connectivity index (χ1n) is 5.88. The molecule has 0 fully saturated rings. The molecule has 0 N–H and O–H groups in total.